The van der Waals surface area contributed by atoms with Crippen LogP contribution in [0, 0.1) is 0 Å². The SMILES string of the molecule is O=C1N=CC(I)c2ccc(Br)cc21. The molecule has 1 atom stereocenters. The lowest BCUT2D eigenvalue weighted by Crippen LogP contribution is -2.09. The molecule has 2 rings (SSSR count). The minimum atomic E-state index is -0.149. The molecule has 0 aromatic heterocycles. The summed E-state index contributed by atoms with van der Waals surface area (Å²) in [5.41, 5.74) is 1.75. The summed E-state index contributed by atoms with van der Waals surface area (Å²) in [5, 5.41) is 0. The zero-order chi connectivity index (χ0) is 9.42. The Kier molecular flexibility index (Phi) is 2.51. The van der Waals surface area contributed by atoms with Gasteiger partial charge < -0.3 is 0 Å². The second-order valence-corrected chi connectivity index (χ2v) is 4.97. The summed E-state index contributed by atoms with van der Waals surface area (Å²) in [5.74, 6) is -0.149. The zero-order valence-electron chi connectivity index (χ0n) is 6.50. The maximum atomic E-state index is 11.4. The number of hydrogen-bond donors (Lipinski definition) is 0. The van der Waals surface area contributed by atoms with E-state index in [1.54, 1.807) is 6.21 Å². The lowest BCUT2D eigenvalue weighted by atomic mass is 10.0. The highest BCUT2D eigenvalue weighted by Crippen LogP contribution is 2.30. The summed E-state index contributed by atoms with van der Waals surface area (Å²) in [6.07, 6.45) is 1.68. The van der Waals surface area contributed by atoms with E-state index < -0.39 is 0 Å². The number of carbonyl (C=O) groups is 1. The molecule has 0 saturated carbocycles. The Labute approximate surface area is 97.7 Å². The predicted octanol–water partition coefficient (Wildman–Crippen LogP) is 3.15. The van der Waals surface area contributed by atoms with Crippen LogP contribution >= 0.6 is 38.5 Å². The smallest absolute Gasteiger partial charge is 0.267 e. The maximum Gasteiger partial charge on any atom is 0.277 e. The quantitative estimate of drug-likeness (QED) is 0.522. The van der Waals surface area contributed by atoms with E-state index in [-0.39, 0.29) is 9.83 Å². The van der Waals surface area contributed by atoms with Gasteiger partial charge in [0.05, 0.1) is 3.92 Å². The molecule has 0 saturated heterocycles. The van der Waals surface area contributed by atoms with E-state index in [2.05, 4.69) is 43.5 Å². The Morgan fingerprint density at radius 1 is 1.46 bits per heavy atom. The molecular formula is C9H5BrINO. The largest absolute Gasteiger partial charge is 0.277 e. The van der Waals surface area contributed by atoms with Crippen molar-refractivity contribution in [3.8, 4) is 0 Å². The highest BCUT2D eigenvalue weighted by Gasteiger charge is 2.19. The highest BCUT2D eigenvalue weighted by atomic mass is 127. The fraction of sp³-hybridized carbons (Fsp3) is 0.111. The van der Waals surface area contributed by atoms with Crippen molar-refractivity contribution in [3.05, 3.63) is 33.8 Å². The van der Waals surface area contributed by atoms with Gasteiger partial charge in [-0.1, -0.05) is 44.6 Å². The van der Waals surface area contributed by atoms with Crippen molar-refractivity contribution in [3.63, 3.8) is 0 Å². The fourth-order valence-electron chi connectivity index (χ4n) is 1.24. The van der Waals surface area contributed by atoms with Gasteiger partial charge in [-0.05, 0) is 17.7 Å². The van der Waals surface area contributed by atoms with Crippen molar-refractivity contribution >= 4 is 50.6 Å². The van der Waals surface area contributed by atoms with Gasteiger partial charge in [-0.15, -0.1) is 0 Å². The number of fused-ring (bicyclic) bond motifs is 1. The highest BCUT2D eigenvalue weighted by molar-refractivity contribution is 14.1. The van der Waals surface area contributed by atoms with Crippen LogP contribution in [0.25, 0.3) is 0 Å². The van der Waals surface area contributed by atoms with Gasteiger partial charge in [-0.2, -0.15) is 0 Å². The van der Waals surface area contributed by atoms with Gasteiger partial charge in [0.1, 0.15) is 0 Å². The molecule has 1 amide bonds. The Bertz CT molecular complexity index is 403. The Morgan fingerprint density at radius 3 is 3.00 bits per heavy atom. The number of hydrogen-bond acceptors (Lipinski definition) is 1. The van der Waals surface area contributed by atoms with E-state index in [1.807, 2.05) is 18.2 Å². The van der Waals surface area contributed by atoms with Crippen LogP contribution < -0.4 is 0 Å². The van der Waals surface area contributed by atoms with E-state index in [0.717, 1.165) is 10.0 Å². The molecule has 66 valence electrons. The Balaban J connectivity index is 2.62. The van der Waals surface area contributed by atoms with Gasteiger partial charge >= 0.3 is 0 Å². The Morgan fingerprint density at radius 2 is 2.23 bits per heavy atom. The van der Waals surface area contributed by atoms with Crippen molar-refractivity contribution in [2.24, 2.45) is 4.99 Å². The molecule has 2 nitrogen and oxygen atoms in total. The van der Waals surface area contributed by atoms with E-state index in [4.69, 9.17) is 0 Å². The first kappa shape index (κ1) is 9.33. The third-order valence-corrected chi connectivity index (χ3v) is 3.35. The first-order valence-corrected chi connectivity index (χ1v) is 5.74. The molecule has 0 N–H and O–H groups in total. The molecule has 13 heavy (non-hydrogen) atoms. The van der Waals surface area contributed by atoms with Crippen LogP contribution in [0.15, 0.2) is 27.7 Å². The van der Waals surface area contributed by atoms with Crippen LogP contribution in [-0.4, -0.2) is 12.1 Å². The van der Waals surface area contributed by atoms with Crippen molar-refractivity contribution < 1.29 is 4.79 Å². The molecule has 0 aliphatic carbocycles. The first-order valence-electron chi connectivity index (χ1n) is 3.70. The third-order valence-electron chi connectivity index (χ3n) is 1.87. The number of aliphatic imine (C=N–C) groups is 1. The summed E-state index contributed by atoms with van der Waals surface area (Å²) in [6.45, 7) is 0. The summed E-state index contributed by atoms with van der Waals surface area (Å²) >= 11 is 5.58. The first-order chi connectivity index (χ1) is 6.18. The minimum absolute atomic E-state index is 0.149. The molecule has 1 heterocycles. The summed E-state index contributed by atoms with van der Waals surface area (Å²) < 4.78 is 1.12. The van der Waals surface area contributed by atoms with Crippen LogP contribution in [0.3, 0.4) is 0 Å². The van der Waals surface area contributed by atoms with Crippen LogP contribution in [0.4, 0.5) is 0 Å². The number of halogens is 2. The summed E-state index contributed by atoms with van der Waals surface area (Å²) in [6, 6.07) is 5.72. The average Bonchev–Trinajstić information content (AvgIpc) is 2.12. The fourth-order valence-corrected chi connectivity index (χ4v) is 2.30. The second-order valence-electron chi connectivity index (χ2n) is 2.72. The number of carbonyl (C=O) groups excluding carboxylic acids is 1. The molecule has 1 aromatic carbocycles. The van der Waals surface area contributed by atoms with Crippen LogP contribution in [0.2, 0.25) is 0 Å². The van der Waals surface area contributed by atoms with Gasteiger partial charge in [-0.25, -0.2) is 4.99 Å². The molecule has 1 aliphatic rings. The average molecular weight is 350 g/mol. The molecule has 4 heteroatoms. The van der Waals surface area contributed by atoms with Gasteiger partial charge in [0, 0.05) is 16.3 Å². The number of amides is 1. The van der Waals surface area contributed by atoms with Gasteiger partial charge in [0.15, 0.2) is 0 Å². The molecule has 0 radical (unpaired) electrons. The number of rotatable bonds is 0. The van der Waals surface area contributed by atoms with E-state index >= 15 is 0 Å². The molecular weight excluding hydrogens is 345 g/mol. The maximum absolute atomic E-state index is 11.4. The second kappa shape index (κ2) is 3.49. The zero-order valence-corrected chi connectivity index (χ0v) is 10.2. The van der Waals surface area contributed by atoms with Gasteiger partial charge in [0.25, 0.3) is 5.91 Å². The topological polar surface area (TPSA) is 29.4 Å². The third kappa shape index (κ3) is 1.69. The Hall–Kier alpha value is -0.230. The van der Waals surface area contributed by atoms with Gasteiger partial charge in [-0.3, -0.25) is 4.79 Å². The molecule has 0 spiro atoms. The predicted molar refractivity (Wildman–Crippen MR) is 63.7 cm³/mol. The van der Waals surface area contributed by atoms with Gasteiger partial charge in [0.2, 0.25) is 0 Å². The number of nitrogens with zero attached hydrogens (tertiary/aromatic N) is 1. The van der Waals surface area contributed by atoms with Crippen LogP contribution in [-0.2, 0) is 0 Å². The summed E-state index contributed by atoms with van der Waals surface area (Å²) in [7, 11) is 0. The normalized spacial score (nSPS) is 20.2. The van der Waals surface area contributed by atoms with Crippen LogP contribution in [0.1, 0.15) is 19.8 Å². The van der Waals surface area contributed by atoms with Crippen molar-refractivity contribution in [1.82, 2.24) is 0 Å². The summed E-state index contributed by atoms with van der Waals surface area (Å²) in [4.78, 5) is 15.2. The lowest BCUT2D eigenvalue weighted by molar-refractivity contribution is 0.100. The molecule has 1 aliphatic heterocycles. The number of alkyl halides is 1. The van der Waals surface area contributed by atoms with Crippen molar-refractivity contribution in [2.45, 2.75) is 3.92 Å². The van der Waals surface area contributed by atoms with E-state index in [9.17, 15) is 4.79 Å². The number of benzene rings is 1. The lowest BCUT2D eigenvalue weighted by Gasteiger charge is -2.13. The molecule has 0 bridgehead atoms. The molecule has 0 fully saturated rings. The standard InChI is InChI=1S/C9H5BrINO/c10-5-1-2-6-7(3-5)9(13)12-4-8(6)11/h1-4,8H. The van der Waals surface area contributed by atoms with Crippen molar-refractivity contribution in [2.75, 3.05) is 0 Å². The van der Waals surface area contributed by atoms with E-state index in [1.165, 1.54) is 0 Å². The monoisotopic (exact) mass is 349 g/mol. The van der Waals surface area contributed by atoms with E-state index in [0.29, 0.717) is 5.56 Å². The molecule has 1 aromatic rings. The van der Waals surface area contributed by atoms with Crippen LogP contribution in [0.5, 0.6) is 0 Å². The molecule has 1 unspecified atom stereocenters. The minimum Gasteiger partial charge on any atom is -0.267 e. The van der Waals surface area contributed by atoms with Crippen molar-refractivity contribution in [1.29, 1.82) is 0 Å².